The van der Waals surface area contributed by atoms with E-state index in [2.05, 4.69) is 21.2 Å². The average molecular weight is 345 g/mol. The van der Waals surface area contributed by atoms with Crippen LogP contribution in [0.15, 0.2) is 22.7 Å². The van der Waals surface area contributed by atoms with Crippen LogP contribution in [-0.4, -0.2) is 44.2 Å². The van der Waals surface area contributed by atoms with Crippen LogP contribution < -0.4 is 5.32 Å². The molecule has 0 radical (unpaired) electrons. The normalized spacial score (nSPS) is 18.4. The van der Waals surface area contributed by atoms with E-state index in [9.17, 15) is 9.18 Å². The molecule has 1 aliphatic rings. The second kappa shape index (κ2) is 7.15. The Labute approximate surface area is 126 Å². The maximum absolute atomic E-state index is 13.7. The molecule has 0 saturated carbocycles. The Bertz CT molecular complexity index is 476. The first kappa shape index (κ1) is 15.4. The number of methoxy groups -OCH3 is 1. The van der Waals surface area contributed by atoms with Gasteiger partial charge in [0.1, 0.15) is 11.9 Å². The lowest BCUT2D eigenvalue weighted by Gasteiger charge is -2.28. The fourth-order valence-electron chi connectivity index (χ4n) is 2.41. The molecule has 20 heavy (non-hydrogen) atoms. The Morgan fingerprint density at radius 1 is 1.45 bits per heavy atom. The largest absolute Gasteiger partial charge is 0.468 e. The zero-order valence-electron chi connectivity index (χ0n) is 11.4. The van der Waals surface area contributed by atoms with Gasteiger partial charge in [-0.2, -0.15) is 0 Å². The van der Waals surface area contributed by atoms with Gasteiger partial charge in [-0.25, -0.2) is 9.18 Å². The summed E-state index contributed by atoms with van der Waals surface area (Å²) in [5.41, 5.74) is 0.624. The molecule has 0 spiro atoms. The topological polar surface area (TPSA) is 41.6 Å². The van der Waals surface area contributed by atoms with E-state index in [1.165, 1.54) is 13.2 Å². The molecule has 1 aliphatic heterocycles. The molecule has 0 aliphatic carbocycles. The van der Waals surface area contributed by atoms with Gasteiger partial charge in [0.15, 0.2) is 0 Å². The van der Waals surface area contributed by atoms with Crippen LogP contribution in [0.1, 0.15) is 18.0 Å². The molecule has 1 heterocycles. The van der Waals surface area contributed by atoms with Crippen LogP contribution in [-0.2, 0) is 9.53 Å². The minimum absolute atomic E-state index is 0.353. The van der Waals surface area contributed by atoms with Gasteiger partial charge in [-0.05, 0) is 46.6 Å². The Balaban J connectivity index is 2.30. The van der Waals surface area contributed by atoms with Crippen molar-refractivity contribution < 1.29 is 13.9 Å². The van der Waals surface area contributed by atoms with Crippen LogP contribution in [0.5, 0.6) is 0 Å². The number of ether oxygens (including phenoxy) is 1. The molecule has 6 heteroatoms. The van der Waals surface area contributed by atoms with Gasteiger partial charge in [-0.1, -0.05) is 6.07 Å². The highest BCUT2D eigenvalue weighted by molar-refractivity contribution is 9.10. The smallest absolute Gasteiger partial charge is 0.327 e. The number of hydrogen-bond donors (Lipinski definition) is 1. The molecular formula is C14H18BrFN2O2. The first-order valence-corrected chi connectivity index (χ1v) is 7.40. The van der Waals surface area contributed by atoms with E-state index < -0.39 is 6.04 Å². The van der Waals surface area contributed by atoms with Crippen molar-refractivity contribution in [2.75, 3.05) is 33.3 Å². The van der Waals surface area contributed by atoms with E-state index in [-0.39, 0.29) is 11.8 Å². The van der Waals surface area contributed by atoms with Crippen molar-refractivity contribution in [1.29, 1.82) is 0 Å². The molecule has 1 saturated heterocycles. The molecule has 1 aromatic carbocycles. The summed E-state index contributed by atoms with van der Waals surface area (Å²) in [6, 6.07) is 4.22. The average Bonchev–Trinajstić information content (AvgIpc) is 2.72. The molecule has 0 bridgehead atoms. The highest BCUT2D eigenvalue weighted by atomic mass is 79.9. The highest BCUT2D eigenvalue weighted by Gasteiger charge is 2.29. The summed E-state index contributed by atoms with van der Waals surface area (Å²) in [4.78, 5) is 14.1. The molecular weight excluding hydrogens is 327 g/mol. The van der Waals surface area contributed by atoms with Crippen molar-refractivity contribution in [3.05, 3.63) is 34.1 Å². The predicted molar refractivity (Wildman–Crippen MR) is 77.9 cm³/mol. The van der Waals surface area contributed by atoms with Gasteiger partial charge in [-0.3, -0.25) is 4.90 Å². The third kappa shape index (κ3) is 3.56. The summed E-state index contributed by atoms with van der Waals surface area (Å²) in [7, 11) is 1.36. The van der Waals surface area contributed by atoms with Gasteiger partial charge >= 0.3 is 5.97 Å². The number of carbonyl (C=O) groups is 1. The van der Waals surface area contributed by atoms with Crippen molar-refractivity contribution in [2.24, 2.45) is 0 Å². The SMILES string of the molecule is COC(=O)C(c1ccc(Br)c(F)c1)N1CCCNCC1. The van der Waals surface area contributed by atoms with Crippen molar-refractivity contribution in [3.63, 3.8) is 0 Å². The molecule has 1 unspecified atom stereocenters. The minimum atomic E-state index is -0.553. The third-order valence-electron chi connectivity index (χ3n) is 3.42. The lowest BCUT2D eigenvalue weighted by molar-refractivity contribution is -0.147. The summed E-state index contributed by atoms with van der Waals surface area (Å²) in [5.74, 6) is -0.724. The summed E-state index contributed by atoms with van der Waals surface area (Å²) >= 11 is 3.13. The van der Waals surface area contributed by atoms with E-state index in [4.69, 9.17) is 4.74 Å². The van der Waals surface area contributed by atoms with Gasteiger partial charge in [0.05, 0.1) is 11.6 Å². The molecule has 1 N–H and O–H groups in total. The maximum Gasteiger partial charge on any atom is 0.327 e. The van der Waals surface area contributed by atoms with Crippen molar-refractivity contribution >= 4 is 21.9 Å². The number of halogens is 2. The van der Waals surface area contributed by atoms with Crippen LogP contribution in [0.3, 0.4) is 0 Å². The lowest BCUT2D eigenvalue weighted by Crippen LogP contribution is -2.37. The quantitative estimate of drug-likeness (QED) is 0.852. The van der Waals surface area contributed by atoms with Crippen molar-refractivity contribution in [2.45, 2.75) is 12.5 Å². The third-order valence-corrected chi connectivity index (χ3v) is 4.07. The van der Waals surface area contributed by atoms with Crippen LogP contribution in [0, 0.1) is 5.82 Å². The molecule has 1 atom stereocenters. The summed E-state index contributed by atoms with van der Waals surface area (Å²) in [6.45, 7) is 3.26. The fourth-order valence-corrected chi connectivity index (χ4v) is 2.66. The Morgan fingerprint density at radius 3 is 2.95 bits per heavy atom. The zero-order chi connectivity index (χ0) is 14.5. The predicted octanol–water partition coefficient (Wildman–Crippen LogP) is 2.10. The number of carbonyl (C=O) groups excluding carboxylic acids is 1. The van der Waals surface area contributed by atoms with E-state index >= 15 is 0 Å². The van der Waals surface area contributed by atoms with Crippen LogP contribution in [0.4, 0.5) is 4.39 Å². The van der Waals surface area contributed by atoms with E-state index in [0.717, 1.165) is 32.6 Å². The van der Waals surface area contributed by atoms with E-state index in [1.54, 1.807) is 12.1 Å². The van der Waals surface area contributed by atoms with Gasteiger partial charge < -0.3 is 10.1 Å². The van der Waals surface area contributed by atoms with Crippen molar-refractivity contribution in [3.8, 4) is 0 Å². The first-order valence-electron chi connectivity index (χ1n) is 6.61. The molecule has 0 amide bonds. The van der Waals surface area contributed by atoms with Crippen molar-refractivity contribution in [1.82, 2.24) is 10.2 Å². The minimum Gasteiger partial charge on any atom is -0.468 e. The Morgan fingerprint density at radius 2 is 2.25 bits per heavy atom. The fraction of sp³-hybridized carbons (Fsp3) is 0.500. The standard InChI is InChI=1S/C14H18BrFN2O2/c1-20-14(19)13(18-7-2-5-17-6-8-18)10-3-4-11(15)12(16)9-10/h3-4,9,13,17H,2,5-8H2,1H3. The molecule has 2 rings (SSSR count). The second-order valence-corrected chi connectivity index (χ2v) is 5.59. The van der Waals surface area contributed by atoms with E-state index in [1.807, 2.05) is 4.90 Å². The lowest BCUT2D eigenvalue weighted by atomic mass is 10.0. The van der Waals surface area contributed by atoms with E-state index in [0.29, 0.717) is 10.0 Å². The van der Waals surface area contributed by atoms with Gasteiger partial charge in [0.2, 0.25) is 0 Å². The van der Waals surface area contributed by atoms with Crippen LogP contribution >= 0.6 is 15.9 Å². The number of benzene rings is 1. The van der Waals surface area contributed by atoms with Gasteiger partial charge in [-0.15, -0.1) is 0 Å². The number of rotatable bonds is 3. The zero-order valence-corrected chi connectivity index (χ0v) is 13.0. The molecule has 110 valence electrons. The number of nitrogens with zero attached hydrogens (tertiary/aromatic N) is 1. The summed E-state index contributed by atoms with van der Waals surface area (Å²) in [6.07, 6.45) is 0.951. The molecule has 1 fully saturated rings. The van der Waals surface area contributed by atoms with Crippen LogP contribution in [0.2, 0.25) is 0 Å². The molecule has 0 aromatic heterocycles. The maximum atomic E-state index is 13.7. The monoisotopic (exact) mass is 344 g/mol. The van der Waals surface area contributed by atoms with Gasteiger partial charge in [0.25, 0.3) is 0 Å². The molecule has 1 aromatic rings. The number of nitrogens with one attached hydrogen (secondary N) is 1. The highest BCUT2D eigenvalue weighted by Crippen LogP contribution is 2.26. The number of esters is 1. The van der Waals surface area contributed by atoms with Gasteiger partial charge in [0, 0.05) is 19.6 Å². The second-order valence-electron chi connectivity index (χ2n) is 4.74. The molecule has 4 nitrogen and oxygen atoms in total. The first-order chi connectivity index (χ1) is 9.63. The Hall–Kier alpha value is -0.980. The number of hydrogen-bond acceptors (Lipinski definition) is 4. The summed E-state index contributed by atoms with van der Waals surface area (Å²) < 4.78 is 19.0. The Kier molecular flexibility index (Phi) is 5.51. The van der Waals surface area contributed by atoms with Crippen LogP contribution in [0.25, 0.3) is 0 Å². The summed E-state index contributed by atoms with van der Waals surface area (Å²) in [5, 5.41) is 3.29.